The number of likely N-dealkylation sites (N-methyl/N-ethyl adjacent to an activating group) is 1. The van der Waals surface area contributed by atoms with Crippen LogP contribution in [0.5, 0.6) is 0 Å². The van der Waals surface area contributed by atoms with E-state index in [0.29, 0.717) is 13.1 Å². The smallest absolute Gasteiger partial charge is 0.354 e. The van der Waals surface area contributed by atoms with Crippen LogP contribution in [0.1, 0.15) is 19.0 Å². The number of alkyl halides is 3. The third kappa shape index (κ3) is 3.53. The van der Waals surface area contributed by atoms with E-state index in [1.54, 1.807) is 0 Å². The van der Waals surface area contributed by atoms with Crippen molar-refractivity contribution in [3.05, 3.63) is 11.8 Å². The lowest BCUT2D eigenvalue weighted by Gasteiger charge is -2.39. The molecule has 1 aliphatic heterocycles. The molecule has 1 aliphatic rings. The van der Waals surface area contributed by atoms with E-state index in [4.69, 9.17) is 5.84 Å². The van der Waals surface area contributed by atoms with Gasteiger partial charge in [0.15, 0.2) is 5.69 Å². The molecule has 2 rings (SSSR count). The first-order valence-electron chi connectivity index (χ1n) is 6.73. The summed E-state index contributed by atoms with van der Waals surface area (Å²) in [7, 11) is 2.01. The van der Waals surface area contributed by atoms with Gasteiger partial charge in [-0.2, -0.15) is 18.2 Å². The molecule has 0 amide bonds. The Hall–Kier alpha value is -1.61. The molecule has 1 unspecified atom stereocenters. The largest absolute Gasteiger partial charge is 0.433 e. The lowest BCUT2D eigenvalue weighted by atomic mass is 10.1. The zero-order valence-corrected chi connectivity index (χ0v) is 12.0. The average Bonchev–Trinajstić information content (AvgIpc) is 2.46. The molecule has 21 heavy (non-hydrogen) atoms. The van der Waals surface area contributed by atoms with Crippen molar-refractivity contribution in [1.82, 2.24) is 14.9 Å². The van der Waals surface area contributed by atoms with Crippen LogP contribution in [0.2, 0.25) is 0 Å². The second-order valence-corrected chi connectivity index (χ2v) is 5.07. The first kappa shape index (κ1) is 15.8. The Kier molecular flexibility index (Phi) is 4.52. The molecule has 0 spiro atoms. The summed E-state index contributed by atoms with van der Waals surface area (Å²) < 4.78 is 38.6. The van der Waals surface area contributed by atoms with E-state index in [2.05, 4.69) is 27.2 Å². The molecule has 3 N–H and O–H groups in total. The van der Waals surface area contributed by atoms with E-state index in [1.165, 1.54) is 0 Å². The van der Waals surface area contributed by atoms with Crippen LogP contribution in [0.4, 0.5) is 24.9 Å². The fourth-order valence-corrected chi connectivity index (χ4v) is 2.40. The van der Waals surface area contributed by atoms with E-state index in [-0.39, 0.29) is 17.8 Å². The number of anilines is 2. The number of nitrogens with zero attached hydrogens (tertiary/aromatic N) is 4. The standard InChI is InChI=1S/C12H19F3N6/c1-3-8-7-21(5-4-20(8)2)10-6-9(12(13,14)15)17-11(18-10)19-16/h6,8H,3-5,7,16H2,1-2H3,(H,17,18,19). The molecule has 1 fully saturated rings. The van der Waals surface area contributed by atoms with Crippen molar-refractivity contribution in [3.8, 4) is 0 Å². The Morgan fingerprint density at radius 3 is 2.67 bits per heavy atom. The van der Waals surface area contributed by atoms with Crippen LogP contribution in [0.3, 0.4) is 0 Å². The Bertz CT molecular complexity index is 492. The number of hydrogen-bond acceptors (Lipinski definition) is 6. The molecule has 0 aliphatic carbocycles. The number of halogens is 3. The molecule has 1 aromatic heterocycles. The summed E-state index contributed by atoms with van der Waals surface area (Å²) in [4.78, 5) is 11.4. The van der Waals surface area contributed by atoms with E-state index in [9.17, 15) is 13.2 Å². The van der Waals surface area contributed by atoms with Crippen molar-refractivity contribution in [3.63, 3.8) is 0 Å². The number of hydrazine groups is 1. The van der Waals surface area contributed by atoms with Crippen LogP contribution in [-0.4, -0.2) is 47.6 Å². The SMILES string of the molecule is CCC1CN(c2cc(C(F)(F)F)nc(NN)n2)CCN1C. The quantitative estimate of drug-likeness (QED) is 0.648. The van der Waals surface area contributed by atoms with E-state index < -0.39 is 11.9 Å². The highest BCUT2D eigenvalue weighted by Crippen LogP contribution is 2.31. The molecule has 1 atom stereocenters. The number of hydrogen-bond donors (Lipinski definition) is 2. The van der Waals surface area contributed by atoms with Crippen molar-refractivity contribution >= 4 is 11.8 Å². The zero-order chi connectivity index (χ0) is 15.6. The van der Waals surface area contributed by atoms with Gasteiger partial charge in [-0.3, -0.25) is 10.3 Å². The maximum Gasteiger partial charge on any atom is 0.433 e. The Morgan fingerprint density at radius 2 is 2.10 bits per heavy atom. The van der Waals surface area contributed by atoms with Crippen molar-refractivity contribution in [2.24, 2.45) is 5.84 Å². The van der Waals surface area contributed by atoms with Crippen LogP contribution in [0, 0.1) is 0 Å². The van der Waals surface area contributed by atoms with E-state index >= 15 is 0 Å². The normalized spacial score (nSPS) is 20.7. The topological polar surface area (TPSA) is 70.3 Å². The summed E-state index contributed by atoms with van der Waals surface area (Å²) in [5.41, 5.74) is 1.10. The summed E-state index contributed by atoms with van der Waals surface area (Å²) in [6.45, 7) is 4.07. The number of nitrogens with two attached hydrogens (primary N) is 1. The molecular weight excluding hydrogens is 285 g/mol. The summed E-state index contributed by atoms with van der Waals surface area (Å²) >= 11 is 0. The highest BCUT2D eigenvalue weighted by atomic mass is 19.4. The van der Waals surface area contributed by atoms with Gasteiger partial charge in [-0.05, 0) is 13.5 Å². The first-order chi connectivity index (χ1) is 9.85. The molecule has 0 bridgehead atoms. The highest BCUT2D eigenvalue weighted by molar-refractivity contribution is 5.46. The van der Waals surface area contributed by atoms with Crippen LogP contribution in [-0.2, 0) is 6.18 Å². The molecule has 118 valence electrons. The highest BCUT2D eigenvalue weighted by Gasteiger charge is 2.35. The van der Waals surface area contributed by atoms with Gasteiger partial charge in [-0.15, -0.1) is 0 Å². The van der Waals surface area contributed by atoms with E-state index in [1.807, 2.05) is 11.9 Å². The average molecular weight is 304 g/mol. The third-order valence-corrected chi connectivity index (χ3v) is 3.70. The fraction of sp³-hybridized carbons (Fsp3) is 0.667. The maximum atomic E-state index is 12.9. The zero-order valence-electron chi connectivity index (χ0n) is 12.0. The van der Waals surface area contributed by atoms with Gasteiger partial charge in [0, 0.05) is 31.7 Å². The van der Waals surface area contributed by atoms with Crippen molar-refractivity contribution in [1.29, 1.82) is 0 Å². The molecule has 0 radical (unpaired) electrons. The van der Waals surface area contributed by atoms with Gasteiger partial charge < -0.3 is 4.90 Å². The molecule has 9 heteroatoms. The molecular formula is C12H19F3N6. The van der Waals surface area contributed by atoms with Crippen molar-refractivity contribution in [2.75, 3.05) is 37.0 Å². The predicted molar refractivity (Wildman–Crippen MR) is 73.8 cm³/mol. The lowest BCUT2D eigenvalue weighted by Crippen LogP contribution is -2.51. The van der Waals surface area contributed by atoms with Crippen LogP contribution < -0.4 is 16.2 Å². The van der Waals surface area contributed by atoms with Crippen LogP contribution >= 0.6 is 0 Å². The second-order valence-electron chi connectivity index (χ2n) is 5.07. The molecule has 6 nitrogen and oxygen atoms in total. The Morgan fingerprint density at radius 1 is 1.38 bits per heavy atom. The summed E-state index contributed by atoms with van der Waals surface area (Å²) in [5, 5.41) is 0. The Balaban J connectivity index is 2.30. The van der Waals surface area contributed by atoms with E-state index in [0.717, 1.165) is 19.0 Å². The summed E-state index contributed by atoms with van der Waals surface area (Å²) in [6.07, 6.45) is -3.60. The van der Waals surface area contributed by atoms with Gasteiger partial charge in [-0.1, -0.05) is 6.92 Å². The summed E-state index contributed by atoms with van der Waals surface area (Å²) in [6, 6.07) is 1.26. The van der Waals surface area contributed by atoms with Gasteiger partial charge in [0.25, 0.3) is 0 Å². The number of nitrogen functional groups attached to an aromatic ring is 1. The third-order valence-electron chi connectivity index (χ3n) is 3.70. The van der Waals surface area contributed by atoms with Gasteiger partial charge in [0.1, 0.15) is 5.82 Å². The second kappa shape index (κ2) is 6.02. The Labute approximate surface area is 121 Å². The molecule has 2 heterocycles. The minimum Gasteiger partial charge on any atom is -0.354 e. The van der Waals surface area contributed by atoms with Gasteiger partial charge in [0.05, 0.1) is 0 Å². The van der Waals surface area contributed by atoms with Crippen LogP contribution in [0.25, 0.3) is 0 Å². The number of piperazine rings is 1. The monoisotopic (exact) mass is 304 g/mol. The number of rotatable bonds is 3. The number of nitrogens with one attached hydrogen (secondary N) is 1. The predicted octanol–water partition coefficient (Wildman–Crippen LogP) is 1.31. The van der Waals surface area contributed by atoms with Gasteiger partial charge >= 0.3 is 6.18 Å². The molecule has 1 saturated heterocycles. The van der Waals surface area contributed by atoms with Crippen molar-refractivity contribution in [2.45, 2.75) is 25.6 Å². The molecule has 0 saturated carbocycles. The van der Waals surface area contributed by atoms with Crippen LogP contribution in [0.15, 0.2) is 6.07 Å². The molecule has 0 aromatic carbocycles. The number of aromatic nitrogens is 2. The van der Waals surface area contributed by atoms with Gasteiger partial charge in [0.2, 0.25) is 5.95 Å². The fourth-order valence-electron chi connectivity index (χ4n) is 2.40. The first-order valence-corrected chi connectivity index (χ1v) is 6.73. The minimum atomic E-state index is -4.53. The van der Waals surface area contributed by atoms with Gasteiger partial charge in [-0.25, -0.2) is 10.8 Å². The maximum absolute atomic E-state index is 12.9. The molecule has 1 aromatic rings. The summed E-state index contributed by atoms with van der Waals surface area (Å²) in [5.74, 6) is 5.18. The minimum absolute atomic E-state index is 0.230. The lowest BCUT2D eigenvalue weighted by molar-refractivity contribution is -0.141. The van der Waals surface area contributed by atoms with Crippen molar-refractivity contribution < 1.29 is 13.2 Å².